The van der Waals surface area contributed by atoms with E-state index in [9.17, 15) is 4.79 Å². The van der Waals surface area contributed by atoms with Crippen LogP contribution in [0.5, 0.6) is 0 Å². The van der Waals surface area contributed by atoms with Crippen LogP contribution in [0.3, 0.4) is 0 Å². The van der Waals surface area contributed by atoms with Gasteiger partial charge in [-0.3, -0.25) is 9.69 Å². The van der Waals surface area contributed by atoms with Gasteiger partial charge in [0.15, 0.2) is 0 Å². The van der Waals surface area contributed by atoms with Crippen LogP contribution >= 0.6 is 0 Å². The predicted octanol–water partition coefficient (Wildman–Crippen LogP) is 1.62. The SMILES string of the molecule is CC1CN(C)CCN1CCCC(=O)Nc1ccc(N)cc1. The lowest BCUT2D eigenvalue weighted by Gasteiger charge is -2.38. The number of nitrogens with zero attached hydrogens (tertiary/aromatic N) is 2. The molecule has 21 heavy (non-hydrogen) atoms. The number of amides is 1. The van der Waals surface area contributed by atoms with E-state index in [1.54, 1.807) is 12.1 Å². The van der Waals surface area contributed by atoms with E-state index in [1.807, 2.05) is 12.1 Å². The summed E-state index contributed by atoms with van der Waals surface area (Å²) in [5.74, 6) is 0.0709. The van der Waals surface area contributed by atoms with E-state index < -0.39 is 0 Å². The third-order valence-corrected chi connectivity index (χ3v) is 4.01. The van der Waals surface area contributed by atoms with E-state index >= 15 is 0 Å². The maximum atomic E-state index is 11.9. The number of likely N-dealkylation sites (N-methyl/N-ethyl adjacent to an activating group) is 1. The van der Waals surface area contributed by atoms with E-state index in [2.05, 4.69) is 29.1 Å². The number of anilines is 2. The first-order valence-corrected chi connectivity index (χ1v) is 7.62. The quantitative estimate of drug-likeness (QED) is 0.809. The van der Waals surface area contributed by atoms with E-state index in [1.165, 1.54) is 0 Å². The van der Waals surface area contributed by atoms with Gasteiger partial charge < -0.3 is 16.0 Å². The van der Waals surface area contributed by atoms with Gasteiger partial charge in [0, 0.05) is 43.5 Å². The van der Waals surface area contributed by atoms with Gasteiger partial charge in [0.25, 0.3) is 0 Å². The minimum atomic E-state index is 0.0709. The summed E-state index contributed by atoms with van der Waals surface area (Å²) in [6.45, 7) is 6.56. The molecule has 0 radical (unpaired) electrons. The Kier molecular flexibility index (Phi) is 5.59. The molecule has 1 fully saturated rings. The molecule has 116 valence electrons. The molecule has 3 N–H and O–H groups in total. The van der Waals surface area contributed by atoms with E-state index in [0.717, 1.165) is 38.3 Å². The molecule has 0 saturated carbocycles. The van der Waals surface area contributed by atoms with Gasteiger partial charge in [0.1, 0.15) is 0 Å². The standard InChI is InChI=1S/C16H26N4O/c1-13-12-19(2)10-11-20(13)9-3-4-16(21)18-15-7-5-14(17)6-8-15/h5-8,13H,3-4,9-12,17H2,1-2H3,(H,18,21). The van der Waals surface area contributed by atoms with Crippen LogP contribution in [0, 0.1) is 0 Å². The van der Waals surface area contributed by atoms with Crippen LogP contribution in [0.2, 0.25) is 0 Å². The lowest BCUT2D eigenvalue weighted by atomic mass is 10.1. The predicted molar refractivity (Wildman–Crippen MR) is 87.3 cm³/mol. The molecule has 1 saturated heterocycles. The Morgan fingerprint density at radius 2 is 2.05 bits per heavy atom. The number of nitrogens with two attached hydrogens (primary N) is 1. The number of hydrogen-bond acceptors (Lipinski definition) is 4. The summed E-state index contributed by atoms with van der Waals surface area (Å²) in [5.41, 5.74) is 7.13. The zero-order valence-electron chi connectivity index (χ0n) is 13.0. The highest BCUT2D eigenvalue weighted by atomic mass is 16.1. The Morgan fingerprint density at radius 3 is 2.71 bits per heavy atom. The Morgan fingerprint density at radius 1 is 1.33 bits per heavy atom. The van der Waals surface area contributed by atoms with E-state index in [4.69, 9.17) is 5.73 Å². The summed E-state index contributed by atoms with van der Waals surface area (Å²) in [7, 11) is 2.16. The third-order valence-electron chi connectivity index (χ3n) is 4.01. The summed E-state index contributed by atoms with van der Waals surface area (Å²) in [4.78, 5) is 16.7. The van der Waals surface area contributed by atoms with Crippen LogP contribution in [0.15, 0.2) is 24.3 Å². The van der Waals surface area contributed by atoms with Gasteiger partial charge in [-0.25, -0.2) is 0 Å². The Bertz CT molecular complexity index is 460. The van der Waals surface area contributed by atoms with Gasteiger partial charge in [-0.05, 0) is 51.2 Å². The van der Waals surface area contributed by atoms with Gasteiger partial charge in [-0.1, -0.05) is 0 Å². The van der Waals surface area contributed by atoms with Gasteiger partial charge in [0.2, 0.25) is 5.91 Å². The van der Waals surface area contributed by atoms with Crippen LogP contribution in [-0.2, 0) is 4.79 Å². The molecule has 0 bridgehead atoms. The number of piperazine rings is 1. The monoisotopic (exact) mass is 290 g/mol. The van der Waals surface area contributed by atoms with Crippen LogP contribution in [0.4, 0.5) is 11.4 Å². The summed E-state index contributed by atoms with van der Waals surface area (Å²) >= 11 is 0. The van der Waals surface area contributed by atoms with Crippen LogP contribution in [0.25, 0.3) is 0 Å². The fourth-order valence-electron chi connectivity index (χ4n) is 2.74. The molecule has 1 aliphatic rings. The number of nitrogens with one attached hydrogen (secondary N) is 1. The molecular formula is C16H26N4O. The second kappa shape index (κ2) is 7.43. The van der Waals surface area contributed by atoms with E-state index in [-0.39, 0.29) is 5.91 Å². The van der Waals surface area contributed by atoms with Crippen LogP contribution in [-0.4, -0.2) is 55.0 Å². The maximum absolute atomic E-state index is 11.9. The number of rotatable bonds is 5. The van der Waals surface area contributed by atoms with Crippen molar-refractivity contribution in [2.45, 2.75) is 25.8 Å². The van der Waals surface area contributed by atoms with Crippen molar-refractivity contribution in [3.05, 3.63) is 24.3 Å². The van der Waals surface area contributed by atoms with E-state index in [0.29, 0.717) is 18.2 Å². The van der Waals surface area contributed by atoms with Gasteiger partial charge in [0.05, 0.1) is 0 Å². The number of hydrogen-bond donors (Lipinski definition) is 2. The number of benzene rings is 1. The van der Waals surface area contributed by atoms with Crippen LogP contribution < -0.4 is 11.1 Å². The van der Waals surface area contributed by atoms with Crippen molar-refractivity contribution >= 4 is 17.3 Å². The minimum Gasteiger partial charge on any atom is -0.399 e. The maximum Gasteiger partial charge on any atom is 0.224 e. The number of nitrogen functional groups attached to an aromatic ring is 1. The molecule has 1 aromatic carbocycles. The topological polar surface area (TPSA) is 61.6 Å². The number of carbonyl (C=O) groups is 1. The first-order chi connectivity index (χ1) is 10.0. The number of carbonyl (C=O) groups excluding carboxylic acids is 1. The summed E-state index contributed by atoms with van der Waals surface area (Å²) in [6.07, 6.45) is 1.46. The van der Waals surface area contributed by atoms with Crippen molar-refractivity contribution in [3.8, 4) is 0 Å². The smallest absolute Gasteiger partial charge is 0.224 e. The highest BCUT2D eigenvalue weighted by Gasteiger charge is 2.20. The molecule has 5 heteroatoms. The summed E-state index contributed by atoms with van der Waals surface area (Å²) in [5, 5.41) is 2.90. The molecule has 0 spiro atoms. The zero-order valence-corrected chi connectivity index (χ0v) is 13.0. The first kappa shape index (κ1) is 15.8. The molecular weight excluding hydrogens is 264 g/mol. The Labute approximate surface area is 127 Å². The lowest BCUT2D eigenvalue weighted by Crippen LogP contribution is -2.50. The largest absolute Gasteiger partial charge is 0.399 e. The van der Waals surface area contributed by atoms with Crippen molar-refractivity contribution in [2.24, 2.45) is 0 Å². The molecule has 1 heterocycles. The third kappa shape index (κ3) is 5.02. The second-order valence-electron chi connectivity index (χ2n) is 5.92. The fourth-order valence-corrected chi connectivity index (χ4v) is 2.74. The minimum absolute atomic E-state index is 0.0709. The average molecular weight is 290 g/mol. The lowest BCUT2D eigenvalue weighted by molar-refractivity contribution is -0.116. The van der Waals surface area contributed by atoms with Crippen molar-refractivity contribution in [1.29, 1.82) is 0 Å². The van der Waals surface area contributed by atoms with Crippen molar-refractivity contribution in [1.82, 2.24) is 9.80 Å². The molecule has 2 rings (SSSR count). The average Bonchev–Trinajstić information content (AvgIpc) is 2.44. The molecule has 0 aliphatic carbocycles. The molecule has 1 unspecified atom stereocenters. The summed E-state index contributed by atoms with van der Waals surface area (Å²) in [6, 6.07) is 7.82. The molecule has 1 atom stereocenters. The molecule has 5 nitrogen and oxygen atoms in total. The molecule has 0 aromatic heterocycles. The van der Waals surface area contributed by atoms with Gasteiger partial charge >= 0.3 is 0 Å². The first-order valence-electron chi connectivity index (χ1n) is 7.62. The highest BCUT2D eigenvalue weighted by Crippen LogP contribution is 2.12. The normalized spacial score (nSPS) is 20.4. The Hall–Kier alpha value is -1.59. The van der Waals surface area contributed by atoms with Gasteiger partial charge in [-0.2, -0.15) is 0 Å². The molecule has 1 aromatic rings. The zero-order chi connectivity index (χ0) is 15.2. The van der Waals surface area contributed by atoms with Crippen molar-refractivity contribution in [2.75, 3.05) is 44.3 Å². The summed E-state index contributed by atoms with van der Waals surface area (Å²) < 4.78 is 0. The van der Waals surface area contributed by atoms with Crippen LogP contribution in [0.1, 0.15) is 19.8 Å². The Balaban J connectivity index is 1.68. The molecule has 1 amide bonds. The molecule has 1 aliphatic heterocycles. The van der Waals surface area contributed by atoms with Crippen molar-refractivity contribution in [3.63, 3.8) is 0 Å². The van der Waals surface area contributed by atoms with Gasteiger partial charge in [-0.15, -0.1) is 0 Å². The second-order valence-corrected chi connectivity index (χ2v) is 5.92. The van der Waals surface area contributed by atoms with Crippen molar-refractivity contribution < 1.29 is 4.79 Å². The highest BCUT2D eigenvalue weighted by molar-refractivity contribution is 5.90. The fraction of sp³-hybridized carbons (Fsp3) is 0.562.